The molecular weight excluding hydrogens is 444 g/mol. The Morgan fingerprint density at radius 1 is 0.885 bits per heavy atom. The Balaban J connectivity index is 5.63. The first-order valence-corrected chi connectivity index (χ1v) is 19.6. The molecule has 0 aliphatic rings. The number of nitrogens with zero attached hydrogens (tertiary/aromatic N) is 1. The molecule has 0 aromatic rings. The number of halogens is 1. The molecule has 3 heteroatoms. The topological polar surface area (TPSA) is 12.4 Å². The van der Waals surface area contributed by atoms with Gasteiger partial charge in [0, 0.05) is 0 Å². The molecule has 0 N–H and O–H groups in total. The van der Waals surface area contributed by atoms with Gasteiger partial charge in [0.05, 0.1) is 0 Å². The normalized spacial score (nSPS) is 14.5. The summed E-state index contributed by atoms with van der Waals surface area (Å²) in [6.45, 7) is 16.6. The Bertz CT molecular complexity index is 343. The summed E-state index contributed by atoms with van der Waals surface area (Å²) < 4.78 is 5.30. The number of aliphatic imine (C=N–C) groups is 1. The van der Waals surface area contributed by atoms with Crippen LogP contribution in [0.25, 0.3) is 0 Å². The van der Waals surface area contributed by atoms with E-state index in [1.807, 2.05) is 0 Å². The van der Waals surface area contributed by atoms with Gasteiger partial charge in [-0.1, -0.05) is 0 Å². The third-order valence-corrected chi connectivity index (χ3v) is 23.6. The second kappa shape index (κ2) is 14.7. The van der Waals surface area contributed by atoms with Gasteiger partial charge in [-0.05, 0) is 0 Å². The SMILES string of the molecule is CCC[CH2][Sn]([CH2]CCC)([CH2]CCC)[CH](/N=C/C(C)(C)CCCCl)C(C)C. The molecule has 26 heavy (non-hydrogen) atoms. The second-order valence-electron chi connectivity index (χ2n) is 9.42. The number of rotatable bonds is 16. The molecule has 1 unspecified atom stereocenters. The Morgan fingerprint density at radius 2 is 1.35 bits per heavy atom. The van der Waals surface area contributed by atoms with Gasteiger partial charge in [0.2, 0.25) is 0 Å². The molecule has 0 radical (unpaired) electrons. The van der Waals surface area contributed by atoms with Gasteiger partial charge < -0.3 is 0 Å². The average Bonchev–Trinajstić information content (AvgIpc) is 2.60. The third-order valence-electron chi connectivity index (χ3n) is 5.88. The van der Waals surface area contributed by atoms with Crippen molar-refractivity contribution in [2.24, 2.45) is 16.3 Å². The van der Waals surface area contributed by atoms with Gasteiger partial charge in [0.25, 0.3) is 0 Å². The molecule has 0 saturated heterocycles. The fraction of sp³-hybridized carbons (Fsp3) is 0.957. The van der Waals surface area contributed by atoms with Crippen molar-refractivity contribution in [3.8, 4) is 0 Å². The van der Waals surface area contributed by atoms with Crippen LogP contribution in [0.15, 0.2) is 4.99 Å². The summed E-state index contributed by atoms with van der Waals surface area (Å²) in [5, 5.41) is 0. The van der Waals surface area contributed by atoms with Crippen LogP contribution in [0.5, 0.6) is 0 Å². The summed E-state index contributed by atoms with van der Waals surface area (Å²) in [6.07, 6.45) is 12.9. The quantitative estimate of drug-likeness (QED) is 0.116. The van der Waals surface area contributed by atoms with E-state index in [0.29, 0.717) is 9.98 Å². The standard InChI is InChI=1S/C11H21ClN.3C4H9.Sn/c1-10(2)8-13-9-11(3,4)6-5-7-12;3*1-3-4-2;/h8-10H,5-7H2,1-4H3;3*1,3-4H2,2H3;/b13-9+;;;;. The molecule has 0 aromatic heterocycles. The number of unbranched alkanes of at least 4 members (excludes halogenated alkanes) is 3. The average molecular weight is 493 g/mol. The Hall–Kier alpha value is 0.759. The summed E-state index contributed by atoms with van der Waals surface area (Å²) in [5.74, 6) is 1.45. The van der Waals surface area contributed by atoms with Crippen LogP contribution < -0.4 is 0 Å². The summed E-state index contributed by atoms with van der Waals surface area (Å²) in [7, 11) is 0. The third kappa shape index (κ3) is 10.3. The van der Waals surface area contributed by atoms with Crippen LogP contribution in [-0.2, 0) is 0 Å². The minimum atomic E-state index is -2.32. The molecule has 0 bridgehead atoms. The van der Waals surface area contributed by atoms with Crippen molar-refractivity contribution in [1.82, 2.24) is 0 Å². The van der Waals surface area contributed by atoms with Crippen LogP contribution in [0.3, 0.4) is 0 Å². The van der Waals surface area contributed by atoms with Crippen molar-refractivity contribution in [2.45, 2.75) is 117 Å². The molecular formula is C23H48ClNSn. The van der Waals surface area contributed by atoms with Crippen molar-refractivity contribution < 1.29 is 0 Å². The van der Waals surface area contributed by atoms with E-state index in [1.54, 1.807) is 13.3 Å². The van der Waals surface area contributed by atoms with E-state index in [-0.39, 0.29) is 5.41 Å². The van der Waals surface area contributed by atoms with E-state index < -0.39 is 18.4 Å². The van der Waals surface area contributed by atoms with Crippen molar-refractivity contribution in [2.75, 3.05) is 5.88 Å². The summed E-state index contributed by atoms with van der Waals surface area (Å²) in [4.78, 5) is 5.40. The van der Waals surface area contributed by atoms with Gasteiger partial charge >= 0.3 is 176 Å². The first-order valence-electron chi connectivity index (χ1n) is 11.4. The first kappa shape index (κ1) is 26.8. The van der Waals surface area contributed by atoms with Gasteiger partial charge in [-0.3, -0.25) is 0 Å². The number of hydrogen-bond acceptors (Lipinski definition) is 1. The van der Waals surface area contributed by atoms with Crippen LogP contribution in [-0.4, -0.2) is 34.5 Å². The molecule has 1 atom stereocenters. The fourth-order valence-corrected chi connectivity index (χ4v) is 23.3. The van der Waals surface area contributed by atoms with Crippen molar-refractivity contribution in [3.63, 3.8) is 0 Å². The van der Waals surface area contributed by atoms with Crippen LogP contribution in [0.2, 0.25) is 13.3 Å². The second-order valence-corrected chi connectivity index (χ2v) is 23.5. The van der Waals surface area contributed by atoms with E-state index in [4.69, 9.17) is 16.6 Å². The molecule has 0 rings (SSSR count). The minimum absolute atomic E-state index is 0.180. The van der Waals surface area contributed by atoms with Crippen molar-refractivity contribution in [3.05, 3.63) is 0 Å². The first-order chi connectivity index (χ1) is 12.3. The summed E-state index contributed by atoms with van der Waals surface area (Å²) >= 11 is 3.61. The predicted octanol–water partition coefficient (Wildman–Crippen LogP) is 8.52. The molecule has 0 spiro atoms. The molecule has 0 fully saturated rings. The van der Waals surface area contributed by atoms with E-state index in [2.05, 4.69) is 54.7 Å². The summed E-state index contributed by atoms with van der Waals surface area (Å²) in [5.41, 5.74) is 0.180. The van der Waals surface area contributed by atoms with E-state index in [0.717, 1.165) is 18.7 Å². The number of alkyl halides is 1. The molecule has 0 aliphatic carbocycles. The zero-order valence-electron chi connectivity index (χ0n) is 19.0. The Kier molecular flexibility index (Phi) is 15.1. The van der Waals surface area contributed by atoms with Crippen molar-refractivity contribution >= 4 is 36.2 Å². The van der Waals surface area contributed by atoms with Crippen LogP contribution in [0.1, 0.15) is 99.8 Å². The van der Waals surface area contributed by atoms with E-state index in [9.17, 15) is 0 Å². The van der Waals surface area contributed by atoms with Gasteiger partial charge in [0.1, 0.15) is 0 Å². The Morgan fingerprint density at radius 3 is 1.69 bits per heavy atom. The Labute approximate surface area is 175 Å². The zero-order chi connectivity index (χ0) is 20.1. The van der Waals surface area contributed by atoms with Crippen LogP contribution in [0, 0.1) is 11.3 Å². The molecule has 0 aromatic carbocycles. The van der Waals surface area contributed by atoms with E-state index >= 15 is 0 Å². The van der Waals surface area contributed by atoms with Gasteiger partial charge in [-0.2, -0.15) is 0 Å². The van der Waals surface area contributed by atoms with Crippen molar-refractivity contribution in [1.29, 1.82) is 0 Å². The maximum absolute atomic E-state index is 5.93. The van der Waals surface area contributed by atoms with E-state index in [1.165, 1.54) is 38.5 Å². The molecule has 0 heterocycles. The summed E-state index contributed by atoms with van der Waals surface area (Å²) in [6, 6.07) is 0. The zero-order valence-corrected chi connectivity index (χ0v) is 22.7. The molecule has 0 amide bonds. The van der Waals surface area contributed by atoms with Crippen LogP contribution in [0.4, 0.5) is 0 Å². The molecule has 156 valence electrons. The predicted molar refractivity (Wildman–Crippen MR) is 126 cm³/mol. The molecule has 1 nitrogen and oxygen atoms in total. The monoisotopic (exact) mass is 493 g/mol. The van der Waals surface area contributed by atoms with Crippen LogP contribution >= 0.6 is 11.6 Å². The van der Waals surface area contributed by atoms with Gasteiger partial charge in [-0.15, -0.1) is 0 Å². The number of hydrogen-bond donors (Lipinski definition) is 0. The van der Waals surface area contributed by atoms with Gasteiger partial charge in [-0.25, -0.2) is 0 Å². The fourth-order valence-electron chi connectivity index (χ4n) is 4.31. The van der Waals surface area contributed by atoms with Gasteiger partial charge in [0.15, 0.2) is 0 Å². The molecule has 0 aliphatic heterocycles. The maximum atomic E-state index is 5.93. The molecule has 0 saturated carbocycles.